The zero-order valence-electron chi connectivity index (χ0n) is 21.5. The lowest BCUT2D eigenvalue weighted by molar-refractivity contribution is -0.193. The van der Waals surface area contributed by atoms with Crippen molar-refractivity contribution in [1.29, 1.82) is 0 Å². The number of urea groups is 1. The summed E-state index contributed by atoms with van der Waals surface area (Å²) in [4.78, 5) is 43.1. The maximum absolute atomic E-state index is 12.8. The smallest absolute Gasteiger partial charge is 0.383 e. The van der Waals surface area contributed by atoms with Gasteiger partial charge in [-0.15, -0.1) is 0 Å². The number of amides is 2. The topological polar surface area (TPSA) is 93.5 Å². The summed E-state index contributed by atoms with van der Waals surface area (Å²) < 4.78 is 44.5. The third kappa shape index (κ3) is 5.68. The third-order valence-corrected chi connectivity index (χ3v) is 6.73. The van der Waals surface area contributed by atoms with Crippen LogP contribution in [0.2, 0.25) is 0 Å². The van der Waals surface area contributed by atoms with Crippen molar-refractivity contribution in [3.05, 3.63) is 83.7 Å². The number of aromatic nitrogens is 2. The largest absolute Gasteiger partial charge is 0.491 e. The lowest BCUT2D eigenvalue weighted by Gasteiger charge is -2.16. The normalized spacial score (nSPS) is 13.4. The monoisotopic (exact) mass is 550 g/mol. The van der Waals surface area contributed by atoms with Gasteiger partial charge in [0.05, 0.1) is 16.6 Å². The lowest BCUT2D eigenvalue weighted by Crippen LogP contribution is -2.32. The van der Waals surface area contributed by atoms with Crippen molar-refractivity contribution in [1.82, 2.24) is 14.5 Å². The van der Waals surface area contributed by atoms with Gasteiger partial charge in [0.25, 0.3) is 0 Å². The number of hydrogen-bond acceptors (Lipinski definition) is 5. The first-order chi connectivity index (χ1) is 19.1. The summed E-state index contributed by atoms with van der Waals surface area (Å²) in [6, 6.07) is 18.6. The number of likely N-dealkylation sites (tertiary alicyclic amines) is 1. The Morgan fingerprint density at radius 3 is 2.40 bits per heavy atom. The van der Waals surface area contributed by atoms with E-state index < -0.39 is 18.1 Å². The first-order valence-corrected chi connectivity index (χ1v) is 12.6. The van der Waals surface area contributed by atoms with E-state index >= 15 is 0 Å². The number of alkyl halides is 3. The molecule has 1 fully saturated rings. The van der Waals surface area contributed by atoms with Crippen LogP contribution >= 0.6 is 0 Å². The summed E-state index contributed by atoms with van der Waals surface area (Å²) in [5, 5.41) is 2.92. The van der Waals surface area contributed by atoms with Gasteiger partial charge in [-0.1, -0.05) is 42.5 Å². The van der Waals surface area contributed by atoms with Crippen LogP contribution in [-0.4, -0.2) is 51.7 Å². The van der Waals surface area contributed by atoms with E-state index in [1.807, 2.05) is 4.57 Å². The number of ether oxygens (including phenoxy) is 1. The molecule has 5 rings (SSSR count). The summed E-state index contributed by atoms with van der Waals surface area (Å²) in [6.07, 6.45) is -3.36. The van der Waals surface area contributed by atoms with E-state index in [2.05, 4.69) is 15.0 Å². The van der Waals surface area contributed by atoms with Crippen LogP contribution in [0.15, 0.2) is 66.7 Å². The minimum absolute atomic E-state index is 0.173. The minimum Gasteiger partial charge on any atom is -0.383 e. The number of nitrogens with one attached hydrogen (secondary N) is 1. The summed E-state index contributed by atoms with van der Waals surface area (Å²) in [7, 11) is 0. The van der Waals surface area contributed by atoms with Gasteiger partial charge in [-0.2, -0.15) is 13.2 Å². The van der Waals surface area contributed by atoms with Crippen LogP contribution in [0.5, 0.6) is 0 Å². The Hall–Kier alpha value is -4.67. The fourth-order valence-corrected chi connectivity index (χ4v) is 4.75. The summed E-state index contributed by atoms with van der Waals surface area (Å²) >= 11 is 0. The number of hydrogen-bond donors (Lipinski definition) is 1. The van der Waals surface area contributed by atoms with E-state index in [4.69, 9.17) is 0 Å². The molecule has 0 atom stereocenters. The molecule has 1 N–H and O–H groups in total. The second kappa shape index (κ2) is 10.8. The molecule has 1 saturated heterocycles. The SMILES string of the molecule is Cc1nc2ccc(NC(=O)N3CCCC3)cc2n1Cc1ccc(-c2ccccc2)c(C(=O)OC(=O)C(F)(F)F)c1. The predicted molar refractivity (Wildman–Crippen MR) is 142 cm³/mol. The van der Waals surface area contributed by atoms with Crippen molar-refractivity contribution in [2.24, 2.45) is 0 Å². The molecular weight excluding hydrogens is 525 g/mol. The first-order valence-electron chi connectivity index (χ1n) is 12.6. The number of rotatable bonds is 5. The second-order valence-electron chi connectivity index (χ2n) is 9.49. The third-order valence-electron chi connectivity index (χ3n) is 6.73. The molecule has 1 aliphatic rings. The Kier molecular flexibility index (Phi) is 7.29. The molecule has 0 aliphatic carbocycles. The van der Waals surface area contributed by atoms with E-state index in [0.29, 0.717) is 46.8 Å². The molecule has 0 spiro atoms. The van der Waals surface area contributed by atoms with Gasteiger partial charge in [-0.3, -0.25) is 0 Å². The van der Waals surface area contributed by atoms with Gasteiger partial charge < -0.3 is 19.5 Å². The maximum atomic E-state index is 12.8. The number of fused-ring (bicyclic) bond motifs is 1. The van der Waals surface area contributed by atoms with E-state index in [-0.39, 0.29) is 18.1 Å². The van der Waals surface area contributed by atoms with Gasteiger partial charge in [-0.05, 0) is 60.7 Å². The lowest BCUT2D eigenvalue weighted by atomic mass is 9.97. The van der Waals surface area contributed by atoms with Gasteiger partial charge in [0.2, 0.25) is 0 Å². The van der Waals surface area contributed by atoms with Gasteiger partial charge in [0, 0.05) is 25.3 Å². The average Bonchev–Trinajstić information content (AvgIpc) is 3.57. The highest BCUT2D eigenvalue weighted by atomic mass is 19.4. The van der Waals surface area contributed by atoms with Crippen LogP contribution in [0.3, 0.4) is 0 Å². The summed E-state index contributed by atoms with van der Waals surface area (Å²) in [5.41, 5.74) is 3.29. The Bertz CT molecular complexity index is 1590. The quantitative estimate of drug-likeness (QED) is 0.246. The summed E-state index contributed by atoms with van der Waals surface area (Å²) in [6.45, 7) is 3.44. The highest BCUT2D eigenvalue weighted by molar-refractivity contribution is 6.03. The molecule has 11 heteroatoms. The first kappa shape index (κ1) is 26.9. The number of carbonyl (C=O) groups is 3. The molecule has 3 aromatic carbocycles. The molecule has 0 unspecified atom stereocenters. The predicted octanol–water partition coefficient (Wildman–Crippen LogP) is 5.93. The number of benzene rings is 3. The fourth-order valence-electron chi connectivity index (χ4n) is 4.75. The minimum atomic E-state index is -5.31. The van der Waals surface area contributed by atoms with Gasteiger partial charge in [0.15, 0.2) is 0 Å². The highest BCUT2D eigenvalue weighted by Gasteiger charge is 2.42. The van der Waals surface area contributed by atoms with Crippen LogP contribution in [0.25, 0.3) is 22.2 Å². The number of anilines is 1. The number of halogens is 3. The van der Waals surface area contributed by atoms with Crippen LogP contribution in [0.4, 0.5) is 23.7 Å². The number of imidazole rings is 1. The highest BCUT2D eigenvalue weighted by Crippen LogP contribution is 2.28. The number of aryl methyl sites for hydroxylation is 1. The maximum Gasteiger partial charge on any atom is 0.491 e. The molecule has 2 amide bonds. The molecule has 2 heterocycles. The van der Waals surface area contributed by atoms with Gasteiger partial charge in [0.1, 0.15) is 5.82 Å². The van der Waals surface area contributed by atoms with E-state index in [1.54, 1.807) is 72.5 Å². The summed E-state index contributed by atoms with van der Waals surface area (Å²) in [5.74, 6) is -3.33. The van der Waals surface area contributed by atoms with Gasteiger partial charge in [-0.25, -0.2) is 19.4 Å². The Morgan fingerprint density at radius 1 is 0.975 bits per heavy atom. The molecule has 4 aromatic rings. The van der Waals surface area contributed by atoms with Crippen molar-refractivity contribution in [3.63, 3.8) is 0 Å². The number of esters is 2. The molecule has 40 heavy (non-hydrogen) atoms. The van der Waals surface area contributed by atoms with Crippen LogP contribution in [-0.2, 0) is 16.1 Å². The molecule has 1 aromatic heterocycles. The molecule has 0 saturated carbocycles. The van der Waals surface area contributed by atoms with E-state index in [9.17, 15) is 27.6 Å². The van der Waals surface area contributed by atoms with Crippen molar-refractivity contribution in [2.75, 3.05) is 18.4 Å². The Morgan fingerprint density at radius 2 is 1.70 bits per heavy atom. The van der Waals surface area contributed by atoms with Crippen LogP contribution in [0, 0.1) is 6.92 Å². The average molecular weight is 551 g/mol. The van der Waals surface area contributed by atoms with E-state index in [1.165, 1.54) is 6.07 Å². The van der Waals surface area contributed by atoms with Crippen molar-refractivity contribution >= 4 is 34.7 Å². The zero-order chi connectivity index (χ0) is 28.4. The Labute approximate surface area is 227 Å². The van der Waals surface area contributed by atoms with Crippen LogP contribution < -0.4 is 5.32 Å². The number of carbonyl (C=O) groups excluding carboxylic acids is 3. The van der Waals surface area contributed by atoms with Crippen molar-refractivity contribution < 1.29 is 32.3 Å². The second-order valence-corrected chi connectivity index (χ2v) is 9.49. The molecule has 8 nitrogen and oxygen atoms in total. The molecule has 206 valence electrons. The van der Waals surface area contributed by atoms with Crippen molar-refractivity contribution in [3.8, 4) is 11.1 Å². The zero-order valence-corrected chi connectivity index (χ0v) is 21.5. The van der Waals surface area contributed by atoms with E-state index in [0.717, 1.165) is 18.4 Å². The molecule has 0 bridgehead atoms. The standard InChI is InChI=1S/C29H25F3N4O4/c1-18-33-24-12-10-21(34-28(39)35-13-5-6-14-35)16-25(24)36(18)17-19-9-11-22(20-7-3-2-4-8-20)23(15-19)26(37)40-27(38)29(30,31)32/h2-4,7-12,15-16H,5-6,13-14,17H2,1H3,(H,34,39). The molecular formula is C29H25F3N4O4. The Balaban J connectivity index is 1.48. The molecule has 1 aliphatic heterocycles. The van der Waals surface area contributed by atoms with Gasteiger partial charge >= 0.3 is 24.1 Å². The molecule has 0 radical (unpaired) electrons. The number of nitrogens with zero attached hydrogens (tertiary/aromatic N) is 3. The van der Waals surface area contributed by atoms with Crippen LogP contribution in [0.1, 0.15) is 34.6 Å². The fraction of sp³-hybridized carbons (Fsp3) is 0.241. The van der Waals surface area contributed by atoms with Crippen molar-refractivity contribution in [2.45, 2.75) is 32.5 Å².